The maximum atomic E-state index is 13.0. The zero-order valence-corrected chi connectivity index (χ0v) is 17.8. The molecule has 0 spiro atoms. The van der Waals surface area contributed by atoms with Crippen LogP contribution in [0.3, 0.4) is 0 Å². The van der Waals surface area contributed by atoms with Crippen LogP contribution in [0.15, 0.2) is 48.5 Å². The summed E-state index contributed by atoms with van der Waals surface area (Å²) < 4.78 is 0. The topological polar surface area (TPSA) is 49.4 Å². The molecule has 6 heteroatoms. The van der Waals surface area contributed by atoms with Crippen LogP contribution >= 0.6 is 23.2 Å². The zero-order valence-electron chi connectivity index (χ0n) is 16.3. The van der Waals surface area contributed by atoms with E-state index in [0.717, 1.165) is 17.5 Å². The molecule has 150 valence electrons. The molecule has 4 nitrogen and oxygen atoms in total. The third kappa shape index (κ3) is 6.54. The molecule has 0 fully saturated rings. The minimum absolute atomic E-state index is 0.0981. The lowest BCUT2D eigenvalue weighted by molar-refractivity contribution is -0.140. The van der Waals surface area contributed by atoms with E-state index in [4.69, 9.17) is 23.2 Å². The van der Waals surface area contributed by atoms with Gasteiger partial charge in [-0.1, -0.05) is 60.5 Å². The van der Waals surface area contributed by atoms with Crippen molar-refractivity contribution in [2.24, 2.45) is 0 Å². The van der Waals surface area contributed by atoms with Gasteiger partial charge in [0.05, 0.1) is 0 Å². The lowest BCUT2D eigenvalue weighted by atomic mass is 10.1. The van der Waals surface area contributed by atoms with Crippen molar-refractivity contribution in [2.45, 2.75) is 45.7 Å². The first-order valence-corrected chi connectivity index (χ1v) is 10.2. The normalized spacial score (nSPS) is 11.7. The highest BCUT2D eigenvalue weighted by molar-refractivity contribution is 6.31. The van der Waals surface area contributed by atoms with E-state index < -0.39 is 6.04 Å². The zero-order chi connectivity index (χ0) is 20.5. The van der Waals surface area contributed by atoms with Gasteiger partial charge < -0.3 is 10.2 Å². The number of nitrogens with one attached hydrogen (secondary N) is 1. The molecule has 1 unspecified atom stereocenters. The molecule has 0 heterocycles. The quantitative estimate of drug-likeness (QED) is 0.628. The molecule has 0 radical (unpaired) electrons. The fraction of sp³-hybridized carbons (Fsp3) is 0.364. The lowest BCUT2D eigenvalue weighted by Crippen LogP contribution is -2.47. The molecule has 0 aliphatic carbocycles. The predicted molar refractivity (Wildman–Crippen MR) is 115 cm³/mol. The predicted octanol–water partition coefficient (Wildman–Crippen LogP) is 4.87. The smallest absolute Gasteiger partial charge is 0.242 e. The molecule has 0 aromatic heterocycles. The van der Waals surface area contributed by atoms with Crippen molar-refractivity contribution < 1.29 is 9.59 Å². The van der Waals surface area contributed by atoms with E-state index in [0.29, 0.717) is 29.6 Å². The van der Waals surface area contributed by atoms with E-state index in [1.807, 2.05) is 49.4 Å². The number of nitrogens with zero attached hydrogens (tertiary/aromatic N) is 1. The number of amides is 2. The largest absolute Gasteiger partial charge is 0.354 e. The molecular formula is C22H26Cl2N2O2. The van der Waals surface area contributed by atoms with E-state index in [1.165, 1.54) is 0 Å². The van der Waals surface area contributed by atoms with Crippen molar-refractivity contribution in [1.82, 2.24) is 10.2 Å². The van der Waals surface area contributed by atoms with E-state index in [9.17, 15) is 9.59 Å². The second-order valence-electron chi connectivity index (χ2n) is 6.71. The van der Waals surface area contributed by atoms with Gasteiger partial charge in [0.15, 0.2) is 0 Å². The van der Waals surface area contributed by atoms with Crippen molar-refractivity contribution in [3.8, 4) is 0 Å². The molecule has 0 saturated carbocycles. The van der Waals surface area contributed by atoms with Gasteiger partial charge in [-0.2, -0.15) is 0 Å². The third-order valence-corrected chi connectivity index (χ3v) is 5.13. The van der Waals surface area contributed by atoms with Crippen LogP contribution in [-0.2, 0) is 22.6 Å². The van der Waals surface area contributed by atoms with Gasteiger partial charge in [0.25, 0.3) is 0 Å². The van der Waals surface area contributed by atoms with E-state index >= 15 is 0 Å². The third-order valence-electron chi connectivity index (χ3n) is 4.52. The summed E-state index contributed by atoms with van der Waals surface area (Å²) in [4.78, 5) is 27.1. The Morgan fingerprint density at radius 1 is 1.11 bits per heavy atom. The first-order valence-electron chi connectivity index (χ1n) is 9.47. The van der Waals surface area contributed by atoms with E-state index in [-0.39, 0.29) is 18.2 Å². The maximum absolute atomic E-state index is 13.0. The highest BCUT2D eigenvalue weighted by Gasteiger charge is 2.25. The first kappa shape index (κ1) is 22.3. The second-order valence-corrected chi connectivity index (χ2v) is 7.55. The summed E-state index contributed by atoms with van der Waals surface area (Å²) in [5.74, 6) is -0.256. The van der Waals surface area contributed by atoms with Crippen molar-refractivity contribution in [1.29, 1.82) is 0 Å². The van der Waals surface area contributed by atoms with Gasteiger partial charge in [0.1, 0.15) is 6.04 Å². The van der Waals surface area contributed by atoms with Gasteiger partial charge in [-0.3, -0.25) is 9.59 Å². The van der Waals surface area contributed by atoms with Crippen LogP contribution in [0.2, 0.25) is 10.0 Å². The Morgan fingerprint density at radius 3 is 2.54 bits per heavy atom. The van der Waals surface area contributed by atoms with E-state index in [1.54, 1.807) is 17.9 Å². The summed E-state index contributed by atoms with van der Waals surface area (Å²) in [6.07, 6.45) is 1.64. The number of aryl methyl sites for hydroxylation is 1. The number of benzene rings is 2. The Balaban J connectivity index is 2.14. The molecule has 2 rings (SSSR count). The van der Waals surface area contributed by atoms with Crippen molar-refractivity contribution in [3.63, 3.8) is 0 Å². The summed E-state index contributed by atoms with van der Waals surface area (Å²) in [6, 6.07) is 14.2. The molecule has 1 N–H and O–H groups in total. The maximum Gasteiger partial charge on any atom is 0.242 e. The Kier molecular flexibility index (Phi) is 8.81. The lowest BCUT2D eigenvalue weighted by Gasteiger charge is -2.29. The molecule has 2 amide bonds. The molecule has 28 heavy (non-hydrogen) atoms. The molecule has 2 aromatic rings. The molecule has 0 bridgehead atoms. The molecule has 1 atom stereocenters. The fourth-order valence-electron chi connectivity index (χ4n) is 2.90. The summed E-state index contributed by atoms with van der Waals surface area (Å²) in [7, 11) is 0. The van der Waals surface area contributed by atoms with Crippen molar-refractivity contribution >= 4 is 35.0 Å². The van der Waals surface area contributed by atoms with Crippen LogP contribution in [0.5, 0.6) is 0 Å². The second kappa shape index (κ2) is 11.1. The summed E-state index contributed by atoms with van der Waals surface area (Å²) in [5, 5.41) is 4.11. The standard InChI is InChI=1S/C22H26Cl2N2O2/c1-3-13-25-22(28)16(2)26(15-17-7-6-9-19(23)14-17)21(27)12-11-18-8-4-5-10-20(18)24/h4-10,14,16H,3,11-13,15H2,1-2H3,(H,25,28). The first-order chi connectivity index (χ1) is 13.4. The van der Waals surface area contributed by atoms with E-state index in [2.05, 4.69) is 5.32 Å². The molecule has 0 saturated heterocycles. The Bertz CT molecular complexity index is 811. The molecule has 2 aromatic carbocycles. The number of carbonyl (C=O) groups is 2. The van der Waals surface area contributed by atoms with Gasteiger partial charge in [0, 0.05) is 29.6 Å². The average molecular weight is 421 g/mol. The average Bonchev–Trinajstić information content (AvgIpc) is 2.69. The molecular weight excluding hydrogens is 395 g/mol. The SMILES string of the molecule is CCCNC(=O)C(C)N(Cc1cccc(Cl)c1)C(=O)CCc1ccccc1Cl. The number of hydrogen-bond donors (Lipinski definition) is 1. The summed E-state index contributed by atoms with van der Waals surface area (Å²) in [5.41, 5.74) is 1.80. The number of rotatable bonds is 9. The number of carbonyl (C=O) groups excluding carboxylic acids is 2. The number of hydrogen-bond acceptors (Lipinski definition) is 2. The minimum Gasteiger partial charge on any atom is -0.354 e. The Labute approximate surface area is 176 Å². The highest BCUT2D eigenvalue weighted by atomic mass is 35.5. The Morgan fingerprint density at radius 2 is 1.86 bits per heavy atom. The van der Waals surface area contributed by atoms with Gasteiger partial charge in [0.2, 0.25) is 11.8 Å². The summed E-state index contributed by atoms with van der Waals surface area (Å²) in [6.45, 7) is 4.65. The summed E-state index contributed by atoms with van der Waals surface area (Å²) >= 11 is 12.3. The van der Waals surface area contributed by atoms with Gasteiger partial charge in [-0.05, 0) is 49.1 Å². The molecule has 0 aliphatic rings. The monoisotopic (exact) mass is 420 g/mol. The highest BCUT2D eigenvalue weighted by Crippen LogP contribution is 2.19. The van der Waals surface area contributed by atoms with Crippen LogP contribution in [0.25, 0.3) is 0 Å². The van der Waals surface area contributed by atoms with Crippen LogP contribution in [0.1, 0.15) is 37.8 Å². The van der Waals surface area contributed by atoms with Crippen molar-refractivity contribution in [3.05, 3.63) is 69.7 Å². The van der Waals surface area contributed by atoms with Crippen LogP contribution in [-0.4, -0.2) is 29.3 Å². The Hall–Kier alpha value is -2.04. The minimum atomic E-state index is -0.579. The van der Waals surface area contributed by atoms with Gasteiger partial charge >= 0.3 is 0 Å². The van der Waals surface area contributed by atoms with Gasteiger partial charge in [-0.25, -0.2) is 0 Å². The van der Waals surface area contributed by atoms with Gasteiger partial charge in [-0.15, -0.1) is 0 Å². The van der Waals surface area contributed by atoms with Crippen LogP contribution in [0, 0.1) is 0 Å². The van der Waals surface area contributed by atoms with Crippen LogP contribution < -0.4 is 5.32 Å². The molecule has 0 aliphatic heterocycles. The number of halogens is 2. The fourth-order valence-corrected chi connectivity index (χ4v) is 3.34. The van der Waals surface area contributed by atoms with Crippen molar-refractivity contribution in [2.75, 3.05) is 6.54 Å². The van der Waals surface area contributed by atoms with Crippen LogP contribution in [0.4, 0.5) is 0 Å².